The molecule has 316 valence electrons. The molecular weight excluding hydrogens is 729 g/mol. The fraction of sp³-hybridized carbons (Fsp3) is 0.690. The Hall–Kier alpha value is -4.21. The molecule has 5 amide bonds. The van der Waals surface area contributed by atoms with Gasteiger partial charge in [-0.3, -0.25) is 9.59 Å². The topological polar surface area (TPSA) is 199 Å². The number of ether oxygens (including phenoxy) is 2. The normalized spacial score (nSPS) is 19.5. The number of nitrogens with one attached hydrogen (secondary N) is 6. The van der Waals surface area contributed by atoms with Crippen LogP contribution in [0.25, 0.3) is 0 Å². The van der Waals surface area contributed by atoms with Crippen LogP contribution >= 0.6 is 0 Å². The molecule has 2 aromatic rings. The van der Waals surface area contributed by atoms with Crippen molar-refractivity contribution in [3.05, 3.63) is 54.1 Å². The highest BCUT2D eigenvalue weighted by atomic mass is 16.6. The summed E-state index contributed by atoms with van der Waals surface area (Å²) in [5.74, 6) is -0.550. The van der Waals surface area contributed by atoms with Crippen molar-refractivity contribution >= 4 is 23.9 Å². The summed E-state index contributed by atoms with van der Waals surface area (Å²) >= 11 is 0. The highest BCUT2D eigenvalue weighted by Crippen LogP contribution is 2.28. The molecule has 3 fully saturated rings. The molecule has 1 aliphatic carbocycles. The zero-order valence-corrected chi connectivity index (χ0v) is 34.1. The lowest BCUT2D eigenvalue weighted by Crippen LogP contribution is -2.59. The number of benzene rings is 1. The van der Waals surface area contributed by atoms with Gasteiger partial charge in [0.15, 0.2) is 0 Å². The molecule has 1 saturated carbocycles. The molecule has 2 aliphatic heterocycles. The van der Waals surface area contributed by atoms with E-state index in [1.807, 2.05) is 30.3 Å². The van der Waals surface area contributed by atoms with Crippen molar-refractivity contribution in [3.8, 4) is 0 Å². The second kappa shape index (κ2) is 22.1. The van der Waals surface area contributed by atoms with Crippen molar-refractivity contribution in [2.45, 2.75) is 146 Å². The predicted molar refractivity (Wildman–Crippen MR) is 216 cm³/mol. The third kappa shape index (κ3) is 15.2. The van der Waals surface area contributed by atoms with Gasteiger partial charge in [-0.1, -0.05) is 62.4 Å². The van der Waals surface area contributed by atoms with Gasteiger partial charge in [-0.05, 0) is 83.9 Å². The SMILES string of the molecule is CC(C)(C)OC(=O)NC1CCN(C(=O)N[C@@H](Cc2ccccc2)C(=O)N[C@@H](Cc2c[nH]cn2)C(=O)N[C@@H](CC2CCCCC2)[C@@H](O)CCOC2CCNCC2)CC1. The number of carbonyl (C=O) groups is 4. The predicted octanol–water partition coefficient (Wildman–Crippen LogP) is 3.72. The molecule has 0 unspecified atom stereocenters. The number of aromatic nitrogens is 2. The second-order valence-electron chi connectivity index (χ2n) is 17.0. The molecule has 15 nitrogen and oxygen atoms in total. The Labute approximate surface area is 337 Å². The van der Waals surface area contributed by atoms with Gasteiger partial charge >= 0.3 is 12.1 Å². The monoisotopic (exact) mass is 795 g/mol. The van der Waals surface area contributed by atoms with Crippen molar-refractivity contribution in [2.75, 3.05) is 32.8 Å². The van der Waals surface area contributed by atoms with Gasteiger partial charge in [-0.25, -0.2) is 14.6 Å². The Kier molecular flexibility index (Phi) is 17.0. The van der Waals surface area contributed by atoms with Crippen LogP contribution in [0, 0.1) is 5.92 Å². The van der Waals surface area contributed by atoms with E-state index in [0.29, 0.717) is 57.0 Å². The molecule has 0 radical (unpaired) electrons. The molecule has 2 saturated heterocycles. The van der Waals surface area contributed by atoms with Crippen LogP contribution in [0.2, 0.25) is 0 Å². The summed E-state index contributed by atoms with van der Waals surface area (Å²) in [6.45, 7) is 8.41. The van der Waals surface area contributed by atoms with Gasteiger partial charge in [0.05, 0.1) is 30.3 Å². The van der Waals surface area contributed by atoms with E-state index in [4.69, 9.17) is 9.47 Å². The molecule has 7 N–H and O–H groups in total. The van der Waals surface area contributed by atoms with Crippen LogP contribution < -0.4 is 26.6 Å². The minimum atomic E-state index is -1.03. The number of hydrogen-bond acceptors (Lipinski definition) is 9. The lowest BCUT2D eigenvalue weighted by Gasteiger charge is -2.34. The fourth-order valence-corrected chi connectivity index (χ4v) is 7.99. The number of hydrogen-bond donors (Lipinski definition) is 7. The van der Waals surface area contributed by atoms with E-state index in [1.54, 1.807) is 31.9 Å². The number of H-pyrrole nitrogens is 1. The summed E-state index contributed by atoms with van der Waals surface area (Å²) in [7, 11) is 0. The van der Waals surface area contributed by atoms with Crippen LogP contribution in [0.5, 0.6) is 0 Å². The fourth-order valence-electron chi connectivity index (χ4n) is 7.99. The third-order valence-electron chi connectivity index (χ3n) is 11.2. The number of piperidine rings is 2. The molecule has 0 bridgehead atoms. The molecule has 3 aliphatic rings. The number of aliphatic hydroxyl groups is 1. The van der Waals surface area contributed by atoms with Crippen molar-refractivity contribution < 1.29 is 33.8 Å². The summed E-state index contributed by atoms with van der Waals surface area (Å²) < 4.78 is 11.5. The van der Waals surface area contributed by atoms with Crippen LogP contribution in [0.3, 0.4) is 0 Å². The quantitative estimate of drug-likeness (QED) is 0.125. The van der Waals surface area contributed by atoms with Crippen LogP contribution in [-0.4, -0.2) is 119 Å². The summed E-state index contributed by atoms with van der Waals surface area (Å²) in [5.41, 5.74) is 0.812. The first kappa shape index (κ1) is 43.9. The molecule has 15 heteroatoms. The Morgan fingerprint density at radius 1 is 0.895 bits per heavy atom. The van der Waals surface area contributed by atoms with Gasteiger partial charge in [-0.15, -0.1) is 0 Å². The summed E-state index contributed by atoms with van der Waals surface area (Å²) in [5, 5.41) is 26.8. The van der Waals surface area contributed by atoms with Crippen molar-refractivity contribution in [2.24, 2.45) is 5.92 Å². The number of nitrogens with zero attached hydrogens (tertiary/aromatic N) is 2. The number of rotatable bonds is 17. The van der Waals surface area contributed by atoms with Crippen LogP contribution in [-0.2, 0) is 31.9 Å². The van der Waals surface area contributed by atoms with E-state index in [-0.39, 0.29) is 25.0 Å². The van der Waals surface area contributed by atoms with Gasteiger partial charge in [0, 0.05) is 44.8 Å². The number of alkyl carbamates (subject to hydrolysis) is 1. The third-order valence-corrected chi connectivity index (χ3v) is 11.2. The second-order valence-corrected chi connectivity index (χ2v) is 17.0. The molecular formula is C42H66N8O7. The average molecular weight is 795 g/mol. The van der Waals surface area contributed by atoms with Gasteiger partial charge in [0.1, 0.15) is 17.7 Å². The number of aromatic amines is 1. The summed E-state index contributed by atoms with van der Waals surface area (Å²) in [6, 6.07) is 6.31. The minimum Gasteiger partial charge on any atom is -0.444 e. The van der Waals surface area contributed by atoms with E-state index in [2.05, 4.69) is 36.6 Å². The molecule has 5 rings (SSSR count). The number of imidazole rings is 1. The maximum Gasteiger partial charge on any atom is 0.407 e. The zero-order chi connectivity index (χ0) is 40.6. The molecule has 1 aromatic heterocycles. The van der Waals surface area contributed by atoms with Crippen molar-refractivity contribution in [1.29, 1.82) is 0 Å². The van der Waals surface area contributed by atoms with E-state index < -0.39 is 53.8 Å². The lowest BCUT2D eigenvalue weighted by molar-refractivity contribution is -0.131. The van der Waals surface area contributed by atoms with Crippen LogP contribution in [0.1, 0.15) is 103 Å². The minimum absolute atomic E-state index is 0.107. The van der Waals surface area contributed by atoms with E-state index in [1.165, 1.54) is 12.7 Å². The highest BCUT2D eigenvalue weighted by Gasteiger charge is 2.34. The van der Waals surface area contributed by atoms with Gasteiger partial charge in [0.25, 0.3) is 0 Å². The van der Waals surface area contributed by atoms with Crippen molar-refractivity contribution in [1.82, 2.24) is 41.5 Å². The largest absolute Gasteiger partial charge is 0.444 e. The van der Waals surface area contributed by atoms with E-state index >= 15 is 0 Å². The maximum atomic E-state index is 14.3. The van der Waals surface area contributed by atoms with Gasteiger partial charge < -0.3 is 51.0 Å². The number of urea groups is 1. The number of aliphatic hydroxyl groups excluding tert-OH is 1. The standard InChI is InChI=1S/C42H66N8O7/c1-42(2,3)57-41(55)46-31-16-21-50(22-17-31)40(54)49-35(25-30-12-8-5-9-13-30)38(52)48-36(26-32-27-44-28-45-32)39(53)47-34(24-29-10-6-4-7-11-29)37(51)18-23-56-33-14-19-43-20-15-33/h5,8-9,12-13,27-29,31,33-37,43,51H,4,6-7,10-11,14-26H2,1-3H3,(H,44,45)(H,46,55)(H,47,53)(H,48,52)(H,49,54)/t34-,35-,36-,37-/m0/s1. The Morgan fingerprint density at radius 2 is 1.58 bits per heavy atom. The first-order valence-corrected chi connectivity index (χ1v) is 21.1. The van der Waals surface area contributed by atoms with E-state index in [0.717, 1.165) is 57.2 Å². The summed E-state index contributed by atoms with van der Waals surface area (Å²) in [4.78, 5) is 63.4. The maximum absolute atomic E-state index is 14.3. The molecule has 4 atom stereocenters. The Balaban J connectivity index is 1.25. The van der Waals surface area contributed by atoms with Gasteiger partial charge in [-0.2, -0.15) is 0 Å². The van der Waals surface area contributed by atoms with E-state index in [9.17, 15) is 24.3 Å². The molecule has 3 heterocycles. The number of carbonyl (C=O) groups excluding carboxylic acids is 4. The first-order chi connectivity index (χ1) is 27.4. The summed E-state index contributed by atoms with van der Waals surface area (Å²) in [6.07, 6.45) is 11.9. The Morgan fingerprint density at radius 3 is 2.25 bits per heavy atom. The molecule has 1 aromatic carbocycles. The first-order valence-electron chi connectivity index (χ1n) is 21.1. The molecule has 57 heavy (non-hydrogen) atoms. The smallest absolute Gasteiger partial charge is 0.407 e. The number of amides is 5. The molecule has 0 spiro atoms. The van der Waals surface area contributed by atoms with Crippen LogP contribution in [0.15, 0.2) is 42.9 Å². The van der Waals surface area contributed by atoms with Crippen molar-refractivity contribution in [3.63, 3.8) is 0 Å². The number of likely N-dealkylation sites (tertiary alicyclic amines) is 1. The highest BCUT2D eigenvalue weighted by molar-refractivity contribution is 5.92. The Bertz CT molecular complexity index is 1520. The lowest BCUT2D eigenvalue weighted by atomic mass is 9.83. The zero-order valence-electron chi connectivity index (χ0n) is 34.1. The van der Waals surface area contributed by atoms with Crippen LogP contribution in [0.4, 0.5) is 9.59 Å². The average Bonchev–Trinajstić information content (AvgIpc) is 3.71. The van der Waals surface area contributed by atoms with Gasteiger partial charge in [0.2, 0.25) is 11.8 Å².